The third-order valence-corrected chi connectivity index (χ3v) is 6.87. The number of nitrogens with two attached hydrogens (primary N) is 1. The van der Waals surface area contributed by atoms with Crippen LogP contribution in [-0.2, 0) is 0 Å². The zero-order chi connectivity index (χ0) is 22.9. The summed E-state index contributed by atoms with van der Waals surface area (Å²) in [5.41, 5.74) is 7.47. The van der Waals surface area contributed by atoms with E-state index in [9.17, 15) is 4.39 Å². The van der Waals surface area contributed by atoms with Gasteiger partial charge in [-0.05, 0) is 19.8 Å². The van der Waals surface area contributed by atoms with Gasteiger partial charge in [0, 0.05) is 37.7 Å². The summed E-state index contributed by atoms with van der Waals surface area (Å²) in [6.45, 7) is 3.15. The lowest BCUT2D eigenvalue weighted by Gasteiger charge is -2.60. The molecule has 0 bridgehead atoms. The van der Waals surface area contributed by atoms with Crippen molar-refractivity contribution >= 4 is 33.4 Å². The van der Waals surface area contributed by atoms with E-state index in [0.717, 1.165) is 18.9 Å². The number of anilines is 2. The van der Waals surface area contributed by atoms with E-state index in [0.29, 0.717) is 52.7 Å². The van der Waals surface area contributed by atoms with E-state index in [4.69, 9.17) is 10.5 Å². The van der Waals surface area contributed by atoms with Crippen molar-refractivity contribution < 1.29 is 13.5 Å². The minimum Gasteiger partial charge on any atom is -0.421 e. The molecule has 3 aromatic heterocycles. The summed E-state index contributed by atoms with van der Waals surface area (Å²) in [5.74, 6) is -0.440. The number of benzene rings is 1. The molecule has 1 aliphatic heterocycles. The number of nitrogens with one attached hydrogen (secondary N) is 2. The summed E-state index contributed by atoms with van der Waals surface area (Å²) in [5, 5.41) is 3.42. The van der Waals surface area contributed by atoms with Gasteiger partial charge in [-0.25, -0.2) is 18.7 Å². The van der Waals surface area contributed by atoms with Gasteiger partial charge in [0.1, 0.15) is 17.3 Å². The van der Waals surface area contributed by atoms with Crippen LogP contribution in [0.4, 0.5) is 20.3 Å². The van der Waals surface area contributed by atoms with Crippen LogP contribution in [-0.4, -0.2) is 51.1 Å². The Kier molecular flexibility index (Phi) is 4.22. The predicted molar refractivity (Wildman–Crippen MR) is 120 cm³/mol. The zero-order valence-corrected chi connectivity index (χ0v) is 18.1. The number of ether oxygens (including phenoxy) is 1. The topological polar surface area (TPSA) is 118 Å². The first kappa shape index (κ1) is 20.0. The first-order valence-electron chi connectivity index (χ1n) is 10.7. The fourth-order valence-electron chi connectivity index (χ4n) is 4.84. The summed E-state index contributed by atoms with van der Waals surface area (Å²) < 4.78 is 35.3. The van der Waals surface area contributed by atoms with Crippen LogP contribution in [0.2, 0.25) is 0 Å². The van der Waals surface area contributed by atoms with E-state index in [-0.39, 0.29) is 22.9 Å². The summed E-state index contributed by atoms with van der Waals surface area (Å²) in [7, 11) is 1.65. The van der Waals surface area contributed by atoms with Crippen LogP contribution < -0.4 is 20.7 Å². The molecule has 170 valence electrons. The highest BCUT2D eigenvalue weighted by Crippen LogP contribution is 2.50. The average Bonchev–Trinajstić information content (AvgIpc) is 3.15. The van der Waals surface area contributed by atoms with Crippen molar-refractivity contribution in [2.24, 2.45) is 11.1 Å². The zero-order valence-electron chi connectivity index (χ0n) is 18.1. The Morgan fingerprint density at radius 1 is 1.21 bits per heavy atom. The van der Waals surface area contributed by atoms with Gasteiger partial charge in [-0.15, -0.1) is 0 Å². The number of rotatable bonds is 4. The molecule has 33 heavy (non-hydrogen) atoms. The first-order valence-corrected chi connectivity index (χ1v) is 10.7. The molecule has 9 nitrogen and oxygen atoms in total. The van der Waals surface area contributed by atoms with Crippen molar-refractivity contribution in [1.82, 2.24) is 24.9 Å². The minimum absolute atomic E-state index is 0.0507. The molecule has 1 spiro atoms. The second kappa shape index (κ2) is 6.95. The van der Waals surface area contributed by atoms with Crippen LogP contribution in [0, 0.1) is 24.0 Å². The Morgan fingerprint density at radius 3 is 2.61 bits per heavy atom. The molecule has 4 N–H and O–H groups in total. The Bertz CT molecular complexity index is 1400. The fourth-order valence-corrected chi connectivity index (χ4v) is 4.84. The lowest BCUT2D eigenvalue weighted by molar-refractivity contribution is 0.0559. The number of nitrogens with zero attached hydrogens (tertiary/aromatic N) is 5. The molecule has 2 fully saturated rings. The molecule has 4 heterocycles. The summed E-state index contributed by atoms with van der Waals surface area (Å²) in [6.07, 6.45) is 5.10. The fraction of sp³-hybridized carbons (Fsp3) is 0.364. The Morgan fingerprint density at radius 2 is 1.97 bits per heavy atom. The molecule has 0 radical (unpaired) electrons. The monoisotopic (exact) mass is 452 g/mol. The van der Waals surface area contributed by atoms with Gasteiger partial charge >= 0.3 is 6.01 Å². The quantitative estimate of drug-likeness (QED) is 0.432. The molecule has 0 unspecified atom stereocenters. The number of aryl methyl sites for hydroxylation is 1. The van der Waals surface area contributed by atoms with Crippen LogP contribution in [0.5, 0.6) is 11.8 Å². The van der Waals surface area contributed by atoms with Crippen molar-refractivity contribution in [2.45, 2.75) is 25.8 Å². The number of hydrogen-bond acceptors (Lipinski definition) is 8. The second-order valence-corrected chi connectivity index (χ2v) is 8.83. The third kappa shape index (κ3) is 2.92. The number of hydrogen-bond donors (Lipinski definition) is 3. The molecule has 1 saturated carbocycles. The van der Waals surface area contributed by atoms with Crippen molar-refractivity contribution in [3.05, 3.63) is 35.9 Å². The van der Waals surface area contributed by atoms with E-state index in [1.807, 2.05) is 4.90 Å². The smallest absolute Gasteiger partial charge is 0.326 e. The maximum Gasteiger partial charge on any atom is 0.326 e. The highest BCUT2D eigenvalue weighted by atomic mass is 19.2. The third-order valence-electron chi connectivity index (χ3n) is 6.87. The van der Waals surface area contributed by atoms with E-state index < -0.39 is 11.6 Å². The van der Waals surface area contributed by atoms with Gasteiger partial charge in [-0.2, -0.15) is 9.97 Å². The lowest BCUT2D eigenvalue weighted by atomic mass is 9.60. The predicted octanol–water partition coefficient (Wildman–Crippen LogP) is 3.25. The van der Waals surface area contributed by atoms with Gasteiger partial charge in [-0.1, -0.05) is 0 Å². The van der Waals surface area contributed by atoms with Crippen LogP contribution >= 0.6 is 0 Å². The number of aromatic amines is 1. The molecule has 1 atom stereocenters. The molecule has 4 aromatic rings. The molecular formula is C22H22F2N8O. The van der Waals surface area contributed by atoms with E-state index in [1.54, 1.807) is 14.0 Å². The molecule has 2 aliphatic rings. The standard InChI is InChI=1S/C22H22F2N8O/c1-10-27-6-11(7-28-10)33-21-30-19-16(15-17(24)12(23)5-13(26-2)18(15)29-19)20(31-21)32-8-22(9-32)4-3-14(22)25/h5-7,14,26H,3-4,8-9,25H2,1-2H3,(H,29,30,31)/t14-/m1/s1. The van der Waals surface area contributed by atoms with Gasteiger partial charge in [0.05, 0.1) is 34.4 Å². The summed E-state index contributed by atoms with van der Waals surface area (Å²) in [6, 6.07) is 1.31. The van der Waals surface area contributed by atoms with Crippen molar-refractivity contribution in [3.63, 3.8) is 0 Å². The number of aromatic nitrogens is 5. The Balaban J connectivity index is 1.53. The number of halogens is 2. The van der Waals surface area contributed by atoms with Crippen molar-refractivity contribution in [3.8, 4) is 11.8 Å². The van der Waals surface area contributed by atoms with E-state index >= 15 is 4.39 Å². The van der Waals surface area contributed by atoms with Crippen LogP contribution in [0.1, 0.15) is 18.7 Å². The largest absolute Gasteiger partial charge is 0.421 e. The Labute approximate surface area is 187 Å². The first-order chi connectivity index (χ1) is 15.9. The van der Waals surface area contributed by atoms with Crippen LogP contribution in [0.3, 0.4) is 0 Å². The normalized spacial score (nSPS) is 19.1. The molecule has 1 aromatic carbocycles. The van der Waals surface area contributed by atoms with Crippen molar-refractivity contribution in [2.75, 3.05) is 30.4 Å². The minimum atomic E-state index is -0.948. The molecule has 0 amide bonds. The van der Waals surface area contributed by atoms with Gasteiger partial charge in [-0.3, -0.25) is 0 Å². The molecule has 11 heteroatoms. The molecule has 1 saturated heterocycles. The van der Waals surface area contributed by atoms with Gasteiger partial charge in [0.2, 0.25) is 0 Å². The van der Waals surface area contributed by atoms with Gasteiger partial charge < -0.3 is 25.7 Å². The summed E-state index contributed by atoms with van der Waals surface area (Å²) >= 11 is 0. The van der Waals surface area contributed by atoms with Gasteiger partial charge in [0.15, 0.2) is 17.4 Å². The molecule has 1 aliphatic carbocycles. The Hall–Kier alpha value is -3.60. The summed E-state index contributed by atoms with van der Waals surface area (Å²) in [4.78, 5) is 22.4. The van der Waals surface area contributed by atoms with E-state index in [1.165, 1.54) is 12.4 Å². The lowest BCUT2D eigenvalue weighted by Crippen LogP contribution is -2.69. The maximum absolute atomic E-state index is 15.1. The highest BCUT2D eigenvalue weighted by Gasteiger charge is 2.54. The molecular weight excluding hydrogens is 430 g/mol. The van der Waals surface area contributed by atoms with Crippen molar-refractivity contribution in [1.29, 1.82) is 0 Å². The average molecular weight is 452 g/mol. The van der Waals surface area contributed by atoms with Gasteiger partial charge in [0.25, 0.3) is 0 Å². The SMILES string of the molecule is CNc1cc(F)c(F)c2c1[nH]c1nc(Oc3cnc(C)nc3)nc(N3CC4(CC[C@H]4N)C3)c12. The van der Waals surface area contributed by atoms with Crippen LogP contribution in [0.15, 0.2) is 18.5 Å². The van der Waals surface area contributed by atoms with Crippen LogP contribution in [0.25, 0.3) is 21.9 Å². The number of fused-ring (bicyclic) bond motifs is 3. The van der Waals surface area contributed by atoms with E-state index in [2.05, 4.69) is 30.2 Å². The second-order valence-electron chi connectivity index (χ2n) is 8.83. The number of H-pyrrole nitrogens is 1. The maximum atomic E-state index is 15.1. The highest BCUT2D eigenvalue weighted by molar-refractivity contribution is 6.15. The molecule has 6 rings (SSSR count).